The van der Waals surface area contributed by atoms with E-state index in [2.05, 4.69) is 5.32 Å². The molecule has 0 aromatic heterocycles. The number of carbonyl (C=O) groups is 1. The van der Waals surface area contributed by atoms with Gasteiger partial charge in [0.2, 0.25) is 0 Å². The lowest BCUT2D eigenvalue weighted by Crippen LogP contribution is -2.45. The van der Waals surface area contributed by atoms with Gasteiger partial charge in [0, 0.05) is 19.6 Å². The molecule has 1 heterocycles. The summed E-state index contributed by atoms with van der Waals surface area (Å²) < 4.78 is 10.6. The summed E-state index contributed by atoms with van der Waals surface area (Å²) in [4.78, 5) is 13.3. The number of hydrogen-bond acceptors (Lipinski definition) is 5. The maximum atomic E-state index is 11.4. The van der Waals surface area contributed by atoms with Gasteiger partial charge >= 0.3 is 5.97 Å². The highest BCUT2D eigenvalue weighted by Gasteiger charge is 2.17. The van der Waals surface area contributed by atoms with Gasteiger partial charge in [-0.15, -0.1) is 0 Å². The lowest BCUT2D eigenvalue weighted by molar-refractivity contribution is -0.148. The molecule has 5 nitrogen and oxygen atoms in total. The number of nitrogens with zero attached hydrogens (tertiary/aromatic N) is 1. The number of esters is 1. The van der Waals surface area contributed by atoms with Crippen LogP contribution in [-0.2, 0) is 14.3 Å². The zero-order valence-electron chi connectivity index (χ0n) is 10.4. The van der Waals surface area contributed by atoms with Gasteiger partial charge in [-0.25, -0.2) is 0 Å². The quantitative estimate of drug-likeness (QED) is 0.666. The van der Waals surface area contributed by atoms with E-state index in [0.29, 0.717) is 6.54 Å². The number of nitrogens with one attached hydrogen (secondary N) is 1. The zero-order chi connectivity index (χ0) is 12.0. The van der Waals surface area contributed by atoms with E-state index in [0.717, 1.165) is 26.2 Å². The van der Waals surface area contributed by atoms with Crippen molar-refractivity contribution in [2.45, 2.75) is 26.1 Å². The third-order valence-electron chi connectivity index (χ3n) is 2.29. The fraction of sp³-hybridized carbons (Fsp3) is 0.909. The zero-order valence-corrected chi connectivity index (χ0v) is 10.4. The monoisotopic (exact) mass is 230 g/mol. The van der Waals surface area contributed by atoms with E-state index >= 15 is 0 Å². The molecule has 0 amide bonds. The summed E-state index contributed by atoms with van der Waals surface area (Å²) in [5.74, 6) is -0.179. The lowest BCUT2D eigenvalue weighted by Gasteiger charge is -2.27. The highest BCUT2D eigenvalue weighted by atomic mass is 16.5. The van der Waals surface area contributed by atoms with E-state index in [4.69, 9.17) is 9.47 Å². The molecule has 0 aromatic carbocycles. The normalized spacial score (nSPS) is 21.4. The summed E-state index contributed by atoms with van der Waals surface area (Å²) in [7, 11) is 1.90. The Hall–Kier alpha value is -0.650. The molecule has 1 aliphatic rings. The lowest BCUT2D eigenvalue weighted by atomic mass is 10.3. The van der Waals surface area contributed by atoms with Gasteiger partial charge in [-0.05, 0) is 20.9 Å². The first-order chi connectivity index (χ1) is 7.58. The second-order valence-electron chi connectivity index (χ2n) is 4.43. The van der Waals surface area contributed by atoms with Gasteiger partial charge in [0.05, 0.1) is 25.4 Å². The van der Waals surface area contributed by atoms with Crippen LogP contribution in [0.3, 0.4) is 0 Å². The van der Waals surface area contributed by atoms with Gasteiger partial charge in [-0.3, -0.25) is 9.69 Å². The van der Waals surface area contributed by atoms with Crippen LogP contribution in [0.2, 0.25) is 0 Å². The molecule has 5 heteroatoms. The predicted octanol–water partition coefficient (Wildman–Crippen LogP) is -0.142. The Morgan fingerprint density at radius 1 is 1.62 bits per heavy atom. The largest absolute Gasteiger partial charge is 0.462 e. The maximum Gasteiger partial charge on any atom is 0.320 e. The van der Waals surface area contributed by atoms with Crippen LogP contribution in [0, 0.1) is 0 Å². The molecule has 1 atom stereocenters. The molecular formula is C11H22N2O3. The van der Waals surface area contributed by atoms with Crippen molar-refractivity contribution < 1.29 is 14.3 Å². The van der Waals surface area contributed by atoms with Crippen molar-refractivity contribution in [1.82, 2.24) is 10.2 Å². The topological polar surface area (TPSA) is 50.8 Å². The van der Waals surface area contributed by atoms with Crippen molar-refractivity contribution in [1.29, 1.82) is 0 Å². The van der Waals surface area contributed by atoms with Crippen molar-refractivity contribution in [3.8, 4) is 0 Å². The summed E-state index contributed by atoms with van der Waals surface area (Å²) in [5.41, 5.74) is 0. The van der Waals surface area contributed by atoms with Crippen LogP contribution in [0.15, 0.2) is 0 Å². The molecular weight excluding hydrogens is 208 g/mol. The Labute approximate surface area is 97.1 Å². The molecule has 94 valence electrons. The molecule has 1 fully saturated rings. The Kier molecular flexibility index (Phi) is 5.73. The van der Waals surface area contributed by atoms with Gasteiger partial charge in [-0.1, -0.05) is 0 Å². The number of carbonyl (C=O) groups excluding carboxylic acids is 1. The van der Waals surface area contributed by atoms with Crippen molar-refractivity contribution in [3.05, 3.63) is 0 Å². The third kappa shape index (κ3) is 5.44. The number of likely N-dealkylation sites (N-methyl/N-ethyl adjacent to an activating group) is 1. The van der Waals surface area contributed by atoms with Gasteiger partial charge < -0.3 is 14.8 Å². The minimum Gasteiger partial charge on any atom is -0.462 e. The van der Waals surface area contributed by atoms with Crippen LogP contribution in [-0.4, -0.2) is 62.9 Å². The fourth-order valence-corrected chi connectivity index (χ4v) is 1.67. The molecule has 16 heavy (non-hydrogen) atoms. The Morgan fingerprint density at radius 3 is 2.94 bits per heavy atom. The highest BCUT2D eigenvalue weighted by Crippen LogP contribution is 1.99. The van der Waals surface area contributed by atoms with E-state index in [-0.39, 0.29) is 18.2 Å². The third-order valence-corrected chi connectivity index (χ3v) is 2.29. The predicted molar refractivity (Wildman–Crippen MR) is 61.3 cm³/mol. The van der Waals surface area contributed by atoms with Crippen molar-refractivity contribution in [2.75, 3.05) is 39.8 Å². The molecule has 0 bridgehead atoms. The van der Waals surface area contributed by atoms with E-state index < -0.39 is 0 Å². The molecule has 0 aliphatic carbocycles. The first-order valence-corrected chi connectivity index (χ1v) is 5.78. The van der Waals surface area contributed by atoms with Crippen molar-refractivity contribution >= 4 is 5.97 Å². The highest BCUT2D eigenvalue weighted by molar-refractivity contribution is 5.71. The van der Waals surface area contributed by atoms with E-state index in [9.17, 15) is 4.79 Å². The van der Waals surface area contributed by atoms with E-state index in [1.54, 1.807) is 0 Å². The molecule has 0 spiro atoms. The molecule has 1 N–H and O–H groups in total. The maximum absolute atomic E-state index is 11.4. The average Bonchev–Trinajstić information content (AvgIpc) is 2.17. The standard InChI is InChI=1S/C11H22N2O3/c1-9(2)16-11(14)8-13(3)7-10-6-12-4-5-15-10/h9-10,12H,4-8H2,1-3H3. The summed E-state index contributed by atoms with van der Waals surface area (Å²) in [6.45, 7) is 7.28. The van der Waals surface area contributed by atoms with Crippen LogP contribution in [0.25, 0.3) is 0 Å². The molecule has 1 aliphatic heterocycles. The van der Waals surface area contributed by atoms with Crippen molar-refractivity contribution in [3.63, 3.8) is 0 Å². The molecule has 1 unspecified atom stereocenters. The fourth-order valence-electron chi connectivity index (χ4n) is 1.67. The smallest absolute Gasteiger partial charge is 0.320 e. The second kappa shape index (κ2) is 6.83. The number of ether oxygens (including phenoxy) is 2. The van der Waals surface area contributed by atoms with Crippen LogP contribution in [0.1, 0.15) is 13.8 Å². The van der Waals surface area contributed by atoms with Crippen LogP contribution < -0.4 is 5.32 Å². The first-order valence-electron chi connectivity index (χ1n) is 5.78. The Bertz CT molecular complexity index is 215. The SMILES string of the molecule is CC(C)OC(=O)CN(C)CC1CNCCO1. The summed E-state index contributed by atoms with van der Waals surface area (Å²) in [6.07, 6.45) is 0.124. The molecule has 1 saturated heterocycles. The summed E-state index contributed by atoms with van der Waals surface area (Å²) in [5, 5.41) is 3.26. The Morgan fingerprint density at radius 2 is 2.38 bits per heavy atom. The number of morpholine rings is 1. The van der Waals surface area contributed by atoms with Crippen molar-refractivity contribution in [2.24, 2.45) is 0 Å². The summed E-state index contributed by atoms with van der Waals surface area (Å²) in [6, 6.07) is 0. The Balaban J connectivity index is 2.18. The molecule has 0 saturated carbocycles. The first kappa shape index (κ1) is 13.4. The minimum absolute atomic E-state index is 0.0477. The molecule has 0 aromatic rings. The minimum atomic E-state index is -0.179. The average molecular weight is 230 g/mol. The number of hydrogen-bond donors (Lipinski definition) is 1. The molecule has 1 rings (SSSR count). The van der Waals surface area contributed by atoms with Crippen LogP contribution in [0.5, 0.6) is 0 Å². The summed E-state index contributed by atoms with van der Waals surface area (Å²) >= 11 is 0. The number of rotatable bonds is 5. The van der Waals surface area contributed by atoms with Crippen LogP contribution in [0.4, 0.5) is 0 Å². The molecule has 0 radical (unpaired) electrons. The van der Waals surface area contributed by atoms with Crippen LogP contribution >= 0.6 is 0 Å². The van der Waals surface area contributed by atoms with Gasteiger partial charge in [-0.2, -0.15) is 0 Å². The van der Waals surface area contributed by atoms with Gasteiger partial charge in [0.1, 0.15) is 0 Å². The van der Waals surface area contributed by atoms with Gasteiger partial charge in [0.15, 0.2) is 0 Å². The van der Waals surface area contributed by atoms with E-state index in [1.165, 1.54) is 0 Å². The second-order valence-corrected chi connectivity index (χ2v) is 4.43. The van der Waals surface area contributed by atoms with Gasteiger partial charge in [0.25, 0.3) is 0 Å². The van der Waals surface area contributed by atoms with E-state index in [1.807, 2.05) is 25.8 Å².